The van der Waals surface area contributed by atoms with Gasteiger partial charge in [-0.15, -0.1) is 0 Å². The summed E-state index contributed by atoms with van der Waals surface area (Å²) in [5, 5.41) is 10.4. The van der Waals surface area contributed by atoms with Gasteiger partial charge in [0.2, 0.25) is 11.8 Å². The van der Waals surface area contributed by atoms with E-state index in [9.17, 15) is 14.4 Å². The summed E-state index contributed by atoms with van der Waals surface area (Å²) in [7, 11) is 1.51. The topological polar surface area (TPSA) is 99.3 Å². The molecule has 0 aliphatic carbocycles. The molecule has 0 bridgehead atoms. The Kier molecular flexibility index (Phi) is 6.12. The molecule has 0 radical (unpaired) electrons. The molecule has 1 atom stereocenters. The van der Waals surface area contributed by atoms with Crippen LogP contribution >= 0.6 is 0 Å². The highest BCUT2D eigenvalue weighted by Crippen LogP contribution is 2.16. The van der Waals surface area contributed by atoms with E-state index in [1.807, 2.05) is 0 Å². The summed E-state index contributed by atoms with van der Waals surface area (Å²) in [4.78, 5) is 35.3. The summed E-state index contributed by atoms with van der Waals surface area (Å²) in [5.41, 5.74) is 0.514. The summed E-state index contributed by atoms with van der Waals surface area (Å²) in [6.07, 6.45) is 0. The molecular weight excluding hydrogens is 296 g/mol. The lowest BCUT2D eigenvalue weighted by atomic mass is 9.95. The van der Waals surface area contributed by atoms with Crippen LogP contribution in [0.3, 0.4) is 0 Å². The Balaban J connectivity index is 2.68. The van der Waals surface area contributed by atoms with Gasteiger partial charge < -0.3 is 21.3 Å². The highest BCUT2D eigenvalue weighted by molar-refractivity contribution is 5.98. The molecule has 4 N–H and O–H groups in total. The number of hydrogen-bond donors (Lipinski definition) is 4. The highest BCUT2D eigenvalue weighted by Gasteiger charge is 2.25. The second-order valence-electron chi connectivity index (χ2n) is 6.22. The van der Waals surface area contributed by atoms with Crippen LogP contribution in [-0.4, -0.2) is 30.9 Å². The average molecular weight is 320 g/mol. The van der Waals surface area contributed by atoms with Crippen molar-refractivity contribution in [3.8, 4) is 0 Å². The van der Waals surface area contributed by atoms with E-state index in [1.165, 1.54) is 7.05 Å². The van der Waals surface area contributed by atoms with Crippen LogP contribution in [0, 0.1) is 5.41 Å². The summed E-state index contributed by atoms with van der Waals surface area (Å²) < 4.78 is 0. The third-order valence-electron chi connectivity index (χ3n) is 3.04. The lowest BCUT2D eigenvalue weighted by molar-refractivity contribution is -0.131. The number of rotatable bonds is 4. The van der Waals surface area contributed by atoms with E-state index in [0.717, 1.165) is 0 Å². The van der Waals surface area contributed by atoms with E-state index in [2.05, 4.69) is 21.3 Å². The number of benzene rings is 1. The third-order valence-corrected chi connectivity index (χ3v) is 3.04. The Labute approximate surface area is 136 Å². The molecule has 7 heteroatoms. The maximum absolute atomic E-state index is 12.1. The first-order valence-electron chi connectivity index (χ1n) is 7.34. The van der Waals surface area contributed by atoms with Gasteiger partial charge in [-0.1, -0.05) is 26.8 Å². The van der Waals surface area contributed by atoms with Crippen molar-refractivity contribution in [2.75, 3.05) is 17.7 Å². The lowest BCUT2D eigenvalue weighted by Crippen LogP contribution is -2.46. The zero-order valence-electron chi connectivity index (χ0n) is 14.1. The molecule has 7 nitrogen and oxygen atoms in total. The van der Waals surface area contributed by atoms with Crippen LogP contribution < -0.4 is 21.3 Å². The van der Waals surface area contributed by atoms with E-state index in [0.29, 0.717) is 11.4 Å². The van der Waals surface area contributed by atoms with Crippen molar-refractivity contribution >= 4 is 29.2 Å². The number of amides is 4. The molecule has 1 unspecified atom stereocenters. The number of carbonyl (C=O) groups is 3. The number of anilines is 2. The molecule has 23 heavy (non-hydrogen) atoms. The summed E-state index contributed by atoms with van der Waals surface area (Å²) in [6.45, 7) is 6.95. The molecule has 0 aliphatic rings. The van der Waals surface area contributed by atoms with E-state index in [4.69, 9.17) is 0 Å². The maximum atomic E-state index is 12.1. The van der Waals surface area contributed by atoms with Crippen LogP contribution in [0.15, 0.2) is 24.3 Å². The Morgan fingerprint density at radius 3 is 2.13 bits per heavy atom. The van der Waals surface area contributed by atoms with E-state index in [1.54, 1.807) is 52.0 Å². The maximum Gasteiger partial charge on any atom is 0.318 e. The quantitative estimate of drug-likeness (QED) is 0.682. The Hall–Kier alpha value is -2.57. The summed E-state index contributed by atoms with van der Waals surface area (Å²) in [5.74, 6) is -0.533. The first kappa shape index (κ1) is 18.5. The van der Waals surface area contributed by atoms with Crippen molar-refractivity contribution in [1.82, 2.24) is 10.6 Å². The molecule has 1 rings (SSSR count). The number of carbonyl (C=O) groups excluding carboxylic acids is 3. The van der Waals surface area contributed by atoms with Gasteiger partial charge in [-0.05, 0) is 25.1 Å². The standard InChI is InChI=1S/C16H24N4O3/c1-10(18-14(22)16(2,3)4)13(21)19-11-7-6-8-12(9-11)20-15(23)17-5/h6-10H,1-5H3,(H,18,22)(H,19,21)(H2,17,20,23). The number of urea groups is 1. The molecular formula is C16H24N4O3. The third kappa shape index (κ3) is 5.98. The molecule has 0 aliphatic heterocycles. The first-order chi connectivity index (χ1) is 10.6. The normalized spacial score (nSPS) is 12.0. The minimum absolute atomic E-state index is 0.199. The predicted octanol–water partition coefficient (Wildman–Crippen LogP) is 1.93. The zero-order valence-corrected chi connectivity index (χ0v) is 14.1. The van der Waals surface area contributed by atoms with Crippen molar-refractivity contribution in [3.05, 3.63) is 24.3 Å². The van der Waals surface area contributed by atoms with E-state index >= 15 is 0 Å². The Morgan fingerprint density at radius 1 is 1.04 bits per heavy atom. The van der Waals surface area contributed by atoms with E-state index in [-0.39, 0.29) is 17.8 Å². The predicted molar refractivity (Wildman–Crippen MR) is 90.2 cm³/mol. The molecule has 0 aromatic heterocycles. The molecule has 1 aromatic carbocycles. The molecule has 0 fully saturated rings. The molecule has 0 saturated heterocycles. The fourth-order valence-corrected chi connectivity index (χ4v) is 1.60. The largest absolute Gasteiger partial charge is 0.344 e. The van der Waals surface area contributed by atoms with Crippen molar-refractivity contribution in [3.63, 3.8) is 0 Å². The van der Waals surface area contributed by atoms with Crippen LogP contribution in [-0.2, 0) is 9.59 Å². The van der Waals surface area contributed by atoms with Crippen LogP contribution in [0.25, 0.3) is 0 Å². The van der Waals surface area contributed by atoms with Crippen LogP contribution in [0.4, 0.5) is 16.2 Å². The second kappa shape index (κ2) is 7.62. The van der Waals surface area contributed by atoms with Crippen molar-refractivity contribution in [1.29, 1.82) is 0 Å². The summed E-state index contributed by atoms with van der Waals surface area (Å²) in [6, 6.07) is 5.72. The fourth-order valence-electron chi connectivity index (χ4n) is 1.60. The van der Waals surface area contributed by atoms with Crippen LogP contribution in [0.2, 0.25) is 0 Å². The van der Waals surface area contributed by atoms with Gasteiger partial charge >= 0.3 is 6.03 Å². The second-order valence-corrected chi connectivity index (χ2v) is 6.22. The Morgan fingerprint density at radius 2 is 1.61 bits per heavy atom. The summed E-state index contributed by atoms with van der Waals surface area (Å²) >= 11 is 0. The molecule has 0 heterocycles. The Bertz CT molecular complexity index is 593. The van der Waals surface area contributed by atoms with Gasteiger partial charge in [-0.2, -0.15) is 0 Å². The first-order valence-corrected chi connectivity index (χ1v) is 7.34. The van der Waals surface area contributed by atoms with Crippen LogP contribution in [0.5, 0.6) is 0 Å². The molecule has 126 valence electrons. The van der Waals surface area contributed by atoms with Gasteiger partial charge in [0, 0.05) is 23.8 Å². The fraction of sp³-hybridized carbons (Fsp3) is 0.438. The van der Waals surface area contributed by atoms with Gasteiger partial charge in [-0.3, -0.25) is 9.59 Å². The van der Waals surface area contributed by atoms with Crippen molar-refractivity contribution < 1.29 is 14.4 Å². The van der Waals surface area contributed by atoms with Crippen molar-refractivity contribution in [2.24, 2.45) is 5.41 Å². The zero-order chi connectivity index (χ0) is 17.6. The smallest absolute Gasteiger partial charge is 0.318 e. The number of nitrogens with one attached hydrogen (secondary N) is 4. The van der Waals surface area contributed by atoms with Gasteiger partial charge in [-0.25, -0.2) is 4.79 Å². The minimum Gasteiger partial charge on any atom is -0.344 e. The molecule has 0 spiro atoms. The average Bonchev–Trinajstić information content (AvgIpc) is 2.46. The highest BCUT2D eigenvalue weighted by atomic mass is 16.2. The SMILES string of the molecule is CNC(=O)Nc1cccc(NC(=O)C(C)NC(=O)C(C)(C)C)c1. The van der Waals surface area contributed by atoms with Gasteiger partial charge in [0.15, 0.2) is 0 Å². The van der Waals surface area contributed by atoms with Gasteiger partial charge in [0.1, 0.15) is 6.04 Å². The minimum atomic E-state index is -0.669. The van der Waals surface area contributed by atoms with Gasteiger partial charge in [0.05, 0.1) is 0 Å². The van der Waals surface area contributed by atoms with Gasteiger partial charge in [0.25, 0.3) is 0 Å². The van der Waals surface area contributed by atoms with Crippen molar-refractivity contribution in [2.45, 2.75) is 33.7 Å². The molecule has 1 aromatic rings. The van der Waals surface area contributed by atoms with Crippen LogP contribution in [0.1, 0.15) is 27.7 Å². The monoisotopic (exact) mass is 320 g/mol. The molecule has 0 saturated carbocycles. The molecule has 4 amide bonds. The van der Waals surface area contributed by atoms with E-state index < -0.39 is 11.5 Å². The lowest BCUT2D eigenvalue weighted by Gasteiger charge is -2.21. The number of hydrogen-bond acceptors (Lipinski definition) is 3.